The van der Waals surface area contributed by atoms with Crippen LogP contribution in [0.5, 0.6) is 0 Å². The van der Waals surface area contributed by atoms with Crippen molar-refractivity contribution in [3.8, 4) is 0 Å². The van der Waals surface area contributed by atoms with E-state index in [0.29, 0.717) is 36.3 Å². The topological polar surface area (TPSA) is 83.1 Å². The van der Waals surface area contributed by atoms with Gasteiger partial charge >= 0.3 is 0 Å². The van der Waals surface area contributed by atoms with Gasteiger partial charge in [-0.05, 0) is 62.8 Å². The van der Waals surface area contributed by atoms with Gasteiger partial charge < -0.3 is 10.6 Å². The van der Waals surface area contributed by atoms with Crippen LogP contribution in [0, 0.1) is 0 Å². The SMILES string of the molecule is O=C(C[NH2+]C1CCCCC1)Nc1ccc(S(=O)(=O)N2CCCCC2)cc1. The van der Waals surface area contributed by atoms with E-state index in [-0.39, 0.29) is 5.91 Å². The predicted octanol–water partition coefficient (Wildman–Crippen LogP) is 1.70. The molecular weight excluding hydrogens is 350 g/mol. The van der Waals surface area contributed by atoms with E-state index in [2.05, 4.69) is 10.6 Å². The highest BCUT2D eigenvalue weighted by molar-refractivity contribution is 7.89. The fourth-order valence-corrected chi connectivity index (χ4v) is 5.34. The number of piperidine rings is 1. The van der Waals surface area contributed by atoms with Crippen LogP contribution < -0.4 is 10.6 Å². The summed E-state index contributed by atoms with van der Waals surface area (Å²) >= 11 is 0. The first-order valence-corrected chi connectivity index (χ1v) is 11.2. The van der Waals surface area contributed by atoms with Crippen LogP contribution in [0.25, 0.3) is 0 Å². The third-order valence-electron chi connectivity index (χ3n) is 5.38. The molecule has 0 aromatic heterocycles. The lowest BCUT2D eigenvalue weighted by Gasteiger charge is -2.25. The lowest BCUT2D eigenvalue weighted by atomic mass is 9.95. The van der Waals surface area contributed by atoms with E-state index in [1.807, 2.05) is 0 Å². The molecule has 2 aliphatic rings. The number of benzene rings is 1. The van der Waals surface area contributed by atoms with Gasteiger partial charge in [-0.15, -0.1) is 0 Å². The Hall–Kier alpha value is -1.44. The van der Waals surface area contributed by atoms with Crippen LogP contribution in [0.15, 0.2) is 29.2 Å². The molecule has 1 heterocycles. The zero-order valence-electron chi connectivity index (χ0n) is 15.3. The Kier molecular flexibility index (Phi) is 6.67. The van der Waals surface area contributed by atoms with Gasteiger partial charge in [-0.25, -0.2) is 8.42 Å². The molecule has 0 unspecified atom stereocenters. The van der Waals surface area contributed by atoms with Crippen LogP contribution in [-0.4, -0.2) is 44.3 Å². The van der Waals surface area contributed by atoms with Gasteiger partial charge in [-0.1, -0.05) is 12.8 Å². The van der Waals surface area contributed by atoms with Gasteiger partial charge in [-0.2, -0.15) is 4.31 Å². The smallest absolute Gasteiger partial charge is 0.279 e. The summed E-state index contributed by atoms with van der Waals surface area (Å²) in [6.45, 7) is 1.61. The van der Waals surface area contributed by atoms with E-state index in [0.717, 1.165) is 19.3 Å². The molecule has 1 saturated carbocycles. The van der Waals surface area contributed by atoms with Gasteiger partial charge in [0.1, 0.15) is 0 Å². The maximum Gasteiger partial charge on any atom is 0.279 e. The molecule has 0 radical (unpaired) electrons. The second-order valence-electron chi connectivity index (χ2n) is 7.38. The van der Waals surface area contributed by atoms with E-state index in [9.17, 15) is 13.2 Å². The lowest BCUT2D eigenvalue weighted by Crippen LogP contribution is -2.91. The number of anilines is 1. The van der Waals surface area contributed by atoms with Crippen molar-refractivity contribution >= 4 is 21.6 Å². The predicted molar refractivity (Wildman–Crippen MR) is 101 cm³/mol. The Labute approximate surface area is 156 Å². The molecule has 1 saturated heterocycles. The summed E-state index contributed by atoms with van der Waals surface area (Å²) in [5.74, 6) is -0.0396. The molecule has 1 aromatic rings. The van der Waals surface area contributed by atoms with E-state index >= 15 is 0 Å². The number of hydrogen-bond acceptors (Lipinski definition) is 3. The summed E-state index contributed by atoms with van der Waals surface area (Å²) in [5, 5.41) is 4.99. The van der Waals surface area contributed by atoms with Gasteiger partial charge in [0.15, 0.2) is 6.54 Å². The van der Waals surface area contributed by atoms with Crippen LogP contribution in [-0.2, 0) is 14.8 Å². The average molecular weight is 381 g/mol. The molecule has 2 fully saturated rings. The maximum atomic E-state index is 12.6. The van der Waals surface area contributed by atoms with Crippen molar-refractivity contribution in [1.29, 1.82) is 0 Å². The fourth-order valence-electron chi connectivity index (χ4n) is 3.82. The molecule has 1 aromatic carbocycles. The van der Waals surface area contributed by atoms with Crippen LogP contribution in [0.1, 0.15) is 51.4 Å². The second-order valence-corrected chi connectivity index (χ2v) is 9.31. The monoisotopic (exact) mass is 380 g/mol. The maximum absolute atomic E-state index is 12.6. The minimum Gasteiger partial charge on any atom is -0.336 e. The van der Waals surface area contributed by atoms with Gasteiger partial charge in [-0.3, -0.25) is 4.79 Å². The molecule has 3 rings (SSSR count). The lowest BCUT2D eigenvalue weighted by molar-refractivity contribution is -0.681. The van der Waals surface area contributed by atoms with Crippen LogP contribution in [0.4, 0.5) is 5.69 Å². The summed E-state index contributed by atoms with van der Waals surface area (Å²) in [4.78, 5) is 12.4. The first-order valence-electron chi connectivity index (χ1n) is 9.79. The molecule has 144 valence electrons. The Morgan fingerprint density at radius 3 is 2.27 bits per heavy atom. The number of nitrogens with two attached hydrogens (primary N) is 1. The third-order valence-corrected chi connectivity index (χ3v) is 7.29. The van der Waals surface area contributed by atoms with Crippen LogP contribution in [0.2, 0.25) is 0 Å². The Morgan fingerprint density at radius 2 is 1.62 bits per heavy atom. The van der Waals surface area contributed by atoms with Crippen molar-refractivity contribution in [2.75, 3.05) is 25.0 Å². The minimum absolute atomic E-state index is 0.0396. The Balaban J connectivity index is 1.52. The quantitative estimate of drug-likeness (QED) is 0.788. The first-order chi connectivity index (χ1) is 12.6. The van der Waals surface area contributed by atoms with Crippen molar-refractivity contribution in [3.63, 3.8) is 0 Å². The molecule has 7 heteroatoms. The molecule has 3 N–H and O–H groups in total. The number of hydrogen-bond donors (Lipinski definition) is 2. The number of nitrogens with one attached hydrogen (secondary N) is 1. The van der Waals surface area contributed by atoms with Crippen LogP contribution in [0.3, 0.4) is 0 Å². The van der Waals surface area contributed by atoms with E-state index < -0.39 is 10.0 Å². The molecule has 26 heavy (non-hydrogen) atoms. The molecule has 1 aliphatic carbocycles. The van der Waals surface area contributed by atoms with E-state index in [1.165, 1.54) is 32.1 Å². The highest BCUT2D eigenvalue weighted by Gasteiger charge is 2.25. The molecule has 0 spiro atoms. The number of amides is 1. The molecular formula is C19H30N3O3S+. The summed E-state index contributed by atoms with van der Waals surface area (Å²) < 4.78 is 26.8. The van der Waals surface area contributed by atoms with Crippen molar-refractivity contribution in [2.24, 2.45) is 0 Å². The van der Waals surface area contributed by atoms with Gasteiger partial charge in [0.2, 0.25) is 10.0 Å². The largest absolute Gasteiger partial charge is 0.336 e. The number of quaternary nitrogens is 1. The number of nitrogens with zero attached hydrogens (tertiary/aromatic N) is 1. The van der Waals surface area contributed by atoms with Gasteiger partial charge in [0.05, 0.1) is 10.9 Å². The molecule has 1 amide bonds. The molecule has 0 atom stereocenters. The third kappa shape index (κ3) is 5.05. The van der Waals surface area contributed by atoms with Crippen molar-refractivity contribution in [1.82, 2.24) is 4.31 Å². The average Bonchev–Trinajstić information content (AvgIpc) is 2.68. The summed E-state index contributed by atoms with van der Waals surface area (Å²) in [6.07, 6.45) is 9.14. The number of carbonyl (C=O) groups is 1. The van der Waals surface area contributed by atoms with Crippen LogP contribution >= 0.6 is 0 Å². The minimum atomic E-state index is -3.42. The van der Waals surface area contributed by atoms with Crippen molar-refractivity contribution in [3.05, 3.63) is 24.3 Å². The van der Waals surface area contributed by atoms with Crippen molar-refractivity contribution < 1.29 is 18.5 Å². The Morgan fingerprint density at radius 1 is 1.00 bits per heavy atom. The first kappa shape index (κ1) is 19.3. The highest BCUT2D eigenvalue weighted by Crippen LogP contribution is 2.22. The number of carbonyl (C=O) groups excluding carboxylic acids is 1. The standard InChI is InChI=1S/C19H29N3O3S/c23-19(15-20-16-7-3-1-4-8-16)21-17-9-11-18(12-10-17)26(24,25)22-13-5-2-6-14-22/h9-12,16,20H,1-8,13-15H2,(H,21,23)/p+1. The summed E-state index contributed by atoms with van der Waals surface area (Å²) in [6, 6.07) is 7.09. The summed E-state index contributed by atoms with van der Waals surface area (Å²) in [7, 11) is -3.42. The number of sulfonamides is 1. The zero-order chi connectivity index (χ0) is 18.4. The summed E-state index contributed by atoms with van der Waals surface area (Å²) in [5.41, 5.74) is 0.643. The zero-order valence-corrected chi connectivity index (χ0v) is 16.1. The molecule has 1 aliphatic heterocycles. The van der Waals surface area contributed by atoms with E-state index in [4.69, 9.17) is 0 Å². The van der Waals surface area contributed by atoms with Crippen molar-refractivity contribution in [2.45, 2.75) is 62.3 Å². The molecule has 6 nitrogen and oxygen atoms in total. The highest BCUT2D eigenvalue weighted by atomic mass is 32.2. The van der Waals surface area contributed by atoms with Gasteiger partial charge in [0.25, 0.3) is 5.91 Å². The number of rotatable bonds is 6. The second kappa shape index (κ2) is 8.97. The van der Waals surface area contributed by atoms with Gasteiger partial charge in [0, 0.05) is 18.8 Å². The molecule has 0 bridgehead atoms. The Bertz CT molecular complexity index is 691. The normalized spacial score (nSPS) is 20.0. The fraction of sp³-hybridized carbons (Fsp3) is 0.632. The van der Waals surface area contributed by atoms with E-state index in [1.54, 1.807) is 28.6 Å².